The van der Waals surface area contributed by atoms with Crippen LogP contribution in [0, 0.1) is 0 Å². The lowest BCUT2D eigenvalue weighted by atomic mass is 10.2. The van der Waals surface area contributed by atoms with Crippen molar-refractivity contribution in [1.82, 2.24) is 14.1 Å². The first-order valence-corrected chi connectivity index (χ1v) is 12.9. The van der Waals surface area contributed by atoms with E-state index in [4.69, 9.17) is 37.4 Å². The van der Waals surface area contributed by atoms with E-state index < -0.39 is 17.5 Å². The van der Waals surface area contributed by atoms with Gasteiger partial charge in [0.05, 0.1) is 36.9 Å². The third kappa shape index (κ3) is 8.07. The van der Waals surface area contributed by atoms with Gasteiger partial charge < -0.3 is 19.5 Å². The maximum atomic E-state index is 13.6. The summed E-state index contributed by atoms with van der Waals surface area (Å²) in [4.78, 5) is 30.8. The van der Waals surface area contributed by atoms with E-state index in [0.29, 0.717) is 34.7 Å². The number of ether oxygens (including phenoxy) is 3. The van der Waals surface area contributed by atoms with Gasteiger partial charge >= 0.3 is 11.4 Å². The van der Waals surface area contributed by atoms with Crippen molar-refractivity contribution in [3.8, 4) is 5.75 Å². The van der Waals surface area contributed by atoms with Gasteiger partial charge in [-0.3, -0.25) is 4.57 Å². The Morgan fingerprint density at radius 3 is 2.35 bits per heavy atom. The van der Waals surface area contributed by atoms with Gasteiger partial charge in [0.15, 0.2) is 0 Å². The first kappa shape index (κ1) is 28.7. The molecule has 11 heteroatoms. The molecule has 200 valence electrons. The van der Waals surface area contributed by atoms with Crippen LogP contribution >= 0.6 is 23.2 Å². The Morgan fingerprint density at radius 2 is 1.73 bits per heavy atom. The zero-order valence-electron chi connectivity index (χ0n) is 21.4. The smallest absolute Gasteiger partial charge is 0.355 e. The number of benzene rings is 2. The number of nitrogens with zero attached hydrogens (tertiary/aromatic N) is 3. The van der Waals surface area contributed by atoms with Crippen molar-refractivity contribution in [2.75, 3.05) is 25.1 Å². The number of rotatable bonds is 13. The van der Waals surface area contributed by atoms with Crippen LogP contribution in [0.1, 0.15) is 33.3 Å². The number of aromatic nitrogens is 3. The molecule has 3 rings (SSSR count). The summed E-state index contributed by atoms with van der Waals surface area (Å²) in [6, 6.07) is 12.2. The summed E-state index contributed by atoms with van der Waals surface area (Å²) in [6.07, 6.45) is -0.523. The molecule has 1 atom stereocenters. The van der Waals surface area contributed by atoms with E-state index in [1.165, 1.54) is 4.57 Å². The zero-order valence-corrected chi connectivity index (χ0v) is 22.9. The average molecular weight is 551 g/mol. The van der Waals surface area contributed by atoms with E-state index >= 15 is 0 Å². The number of nitrogens with one attached hydrogen (secondary N) is 1. The minimum Gasteiger partial charge on any atom is -0.489 e. The van der Waals surface area contributed by atoms with Gasteiger partial charge in [0, 0.05) is 23.9 Å². The molecule has 0 aliphatic carbocycles. The third-order valence-electron chi connectivity index (χ3n) is 5.25. The normalized spacial score (nSPS) is 12.1. The number of halogens is 2. The Labute approximate surface area is 225 Å². The number of hydrogen-bond donors (Lipinski definition) is 1. The van der Waals surface area contributed by atoms with Crippen molar-refractivity contribution in [3.63, 3.8) is 0 Å². The van der Waals surface area contributed by atoms with Gasteiger partial charge in [-0.2, -0.15) is 4.98 Å². The van der Waals surface area contributed by atoms with Crippen LogP contribution in [0.25, 0.3) is 0 Å². The van der Waals surface area contributed by atoms with Crippen LogP contribution in [0.2, 0.25) is 10.0 Å². The van der Waals surface area contributed by atoms with Gasteiger partial charge in [-0.1, -0.05) is 35.3 Å². The van der Waals surface area contributed by atoms with E-state index in [2.05, 4.69) is 10.3 Å². The summed E-state index contributed by atoms with van der Waals surface area (Å²) in [6.45, 7) is 8.82. The van der Waals surface area contributed by atoms with E-state index in [-0.39, 0.29) is 31.7 Å². The molecular weight excluding hydrogens is 519 g/mol. The molecule has 0 fully saturated rings. The maximum absolute atomic E-state index is 13.6. The van der Waals surface area contributed by atoms with Crippen LogP contribution in [0.15, 0.2) is 52.1 Å². The molecular formula is C26H32Cl2N4O5. The van der Waals surface area contributed by atoms with Crippen LogP contribution in [0.3, 0.4) is 0 Å². The van der Waals surface area contributed by atoms with Gasteiger partial charge in [-0.05, 0) is 63.6 Å². The second-order valence-corrected chi connectivity index (χ2v) is 9.34. The molecule has 9 nitrogen and oxygen atoms in total. The standard InChI is InChI=1S/C26H32Cl2N4O5/c1-5-35-16-21(36-6-2)15-32-25(33)30-24(29-20-11-12-23(22(28)13-20)37-17(3)4)31(26(32)34)14-18-7-9-19(27)10-8-18/h7-13,17,21H,5-6,14-16H2,1-4H3,(H,29,30,33)/t21-/m1/s1. The van der Waals surface area contributed by atoms with E-state index in [0.717, 1.165) is 10.1 Å². The van der Waals surface area contributed by atoms with Gasteiger partial charge in [-0.15, -0.1) is 0 Å². The predicted octanol–water partition coefficient (Wildman–Crippen LogP) is 4.73. The van der Waals surface area contributed by atoms with Crippen LogP contribution in [-0.2, 0) is 22.6 Å². The Balaban J connectivity index is 2.02. The molecule has 37 heavy (non-hydrogen) atoms. The van der Waals surface area contributed by atoms with E-state index in [9.17, 15) is 9.59 Å². The highest BCUT2D eigenvalue weighted by Gasteiger charge is 2.19. The molecule has 0 saturated heterocycles. The van der Waals surface area contributed by atoms with Crippen molar-refractivity contribution in [1.29, 1.82) is 0 Å². The second kappa shape index (κ2) is 13.6. The molecule has 0 amide bonds. The summed E-state index contributed by atoms with van der Waals surface area (Å²) < 4.78 is 19.3. The molecule has 2 aromatic carbocycles. The highest BCUT2D eigenvalue weighted by atomic mass is 35.5. The Morgan fingerprint density at radius 1 is 1.00 bits per heavy atom. The molecule has 0 bridgehead atoms. The minimum absolute atomic E-state index is 0.00642. The molecule has 1 N–H and O–H groups in total. The SMILES string of the molecule is CCOC[C@@H](Cn1c(=O)nc(Nc2ccc(OC(C)C)c(Cl)c2)n(Cc2ccc(Cl)cc2)c1=O)OCC. The topological polar surface area (TPSA) is 96.6 Å². The summed E-state index contributed by atoms with van der Waals surface area (Å²) in [5.74, 6) is 0.605. The van der Waals surface area contributed by atoms with Crippen molar-refractivity contribution in [2.45, 2.75) is 53.0 Å². The first-order valence-electron chi connectivity index (χ1n) is 12.1. The van der Waals surface area contributed by atoms with Crippen molar-refractivity contribution in [2.24, 2.45) is 0 Å². The molecule has 0 spiro atoms. The lowest BCUT2D eigenvalue weighted by Gasteiger charge is -2.20. The summed E-state index contributed by atoms with van der Waals surface area (Å²) in [5, 5.41) is 4.02. The summed E-state index contributed by atoms with van der Waals surface area (Å²) in [5.41, 5.74) is 0.103. The molecule has 0 aliphatic heterocycles. The quantitative estimate of drug-likeness (QED) is 0.328. The largest absolute Gasteiger partial charge is 0.489 e. The molecule has 0 aliphatic rings. The van der Waals surface area contributed by atoms with E-state index in [1.807, 2.05) is 27.7 Å². The van der Waals surface area contributed by atoms with Crippen LogP contribution < -0.4 is 21.4 Å². The van der Waals surface area contributed by atoms with Crippen LogP contribution in [0.5, 0.6) is 5.75 Å². The highest BCUT2D eigenvalue weighted by molar-refractivity contribution is 6.32. The Kier molecular flexibility index (Phi) is 10.6. The lowest BCUT2D eigenvalue weighted by molar-refractivity contribution is -0.0181. The molecule has 3 aromatic rings. The maximum Gasteiger partial charge on any atom is 0.355 e. The molecule has 0 radical (unpaired) electrons. The fourth-order valence-corrected chi connectivity index (χ4v) is 3.95. The molecule has 1 heterocycles. The molecule has 1 aromatic heterocycles. The van der Waals surface area contributed by atoms with Gasteiger partial charge in [0.1, 0.15) is 5.75 Å². The Bertz CT molecular complexity index is 1290. The van der Waals surface area contributed by atoms with Crippen LogP contribution in [-0.4, -0.2) is 46.1 Å². The summed E-state index contributed by atoms with van der Waals surface area (Å²) >= 11 is 12.4. The average Bonchev–Trinajstić information content (AvgIpc) is 2.85. The minimum atomic E-state index is -0.702. The molecule has 0 saturated carbocycles. The third-order valence-corrected chi connectivity index (χ3v) is 5.80. The van der Waals surface area contributed by atoms with Gasteiger partial charge in [-0.25, -0.2) is 14.2 Å². The van der Waals surface area contributed by atoms with Crippen LogP contribution in [0.4, 0.5) is 11.6 Å². The van der Waals surface area contributed by atoms with Gasteiger partial charge in [0.2, 0.25) is 5.95 Å². The van der Waals surface area contributed by atoms with E-state index in [1.54, 1.807) is 42.5 Å². The lowest BCUT2D eigenvalue weighted by Crippen LogP contribution is -2.45. The van der Waals surface area contributed by atoms with Gasteiger partial charge in [0.25, 0.3) is 0 Å². The zero-order chi connectivity index (χ0) is 26.9. The van der Waals surface area contributed by atoms with Crippen molar-refractivity contribution >= 4 is 34.8 Å². The second-order valence-electron chi connectivity index (χ2n) is 8.50. The van der Waals surface area contributed by atoms with Crippen molar-refractivity contribution in [3.05, 3.63) is 79.0 Å². The van der Waals surface area contributed by atoms with Crippen molar-refractivity contribution < 1.29 is 14.2 Å². The Hall–Kier alpha value is -2.85. The fraction of sp³-hybridized carbons (Fsp3) is 0.423. The summed E-state index contributed by atoms with van der Waals surface area (Å²) in [7, 11) is 0. The molecule has 0 unspecified atom stereocenters. The predicted molar refractivity (Wildman–Crippen MR) is 146 cm³/mol. The fourth-order valence-electron chi connectivity index (χ4n) is 3.60. The highest BCUT2D eigenvalue weighted by Crippen LogP contribution is 2.29. The number of hydrogen-bond acceptors (Lipinski definition) is 7. The first-order chi connectivity index (χ1) is 17.7. The monoisotopic (exact) mass is 550 g/mol. The number of anilines is 2.